The van der Waals surface area contributed by atoms with Gasteiger partial charge in [0, 0.05) is 28.7 Å². The van der Waals surface area contributed by atoms with Crippen molar-refractivity contribution in [2.45, 2.75) is 38.3 Å². The molecule has 0 saturated heterocycles. The summed E-state index contributed by atoms with van der Waals surface area (Å²) >= 11 is 12.8. The highest BCUT2D eigenvalue weighted by Gasteiger charge is 2.34. The molecule has 1 atom stereocenters. The van der Waals surface area contributed by atoms with E-state index in [1.807, 2.05) is 13.8 Å². The van der Waals surface area contributed by atoms with Crippen molar-refractivity contribution in [3.05, 3.63) is 88.4 Å². The first kappa shape index (κ1) is 31.3. The van der Waals surface area contributed by atoms with Gasteiger partial charge >= 0.3 is 0 Å². The molecule has 8 nitrogen and oxygen atoms in total. The molecule has 0 heterocycles. The first-order chi connectivity index (χ1) is 19.0. The lowest BCUT2D eigenvalue weighted by Crippen LogP contribution is -2.51. The van der Waals surface area contributed by atoms with Crippen molar-refractivity contribution in [2.75, 3.05) is 24.5 Å². The van der Waals surface area contributed by atoms with Gasteiger partial charge in [0.2, 0.25) is 11.8 Å². The van der Waals surface area contributed by atoms with Gasteiger partial charge in [-0.15, -0.1) is 0 Å². The Morgan fingerprint density at radius 3 is 2.10 bits per heavy atom. The normalized spacial score (nSPS) is 12.1. The van der Waals surface area contributed by atoms with Crippen molar-refractivity contribution in [3.63, 3.8) is 0 Å². The summed E-state index contributed by atoms with van der Waals surface area (Å²) < 4.78 is 34.2. The molecule has 3 aromatic rings. The number of benzene rings is 3. The van der Waals surface area contributed by atoms with Crippen molar-refractivity contribution >= 4 is 50.7 Å². The molecule has 1 N–H and O–H groups in total. The number of ether oxygens (including phenoxy) is 1. The number of anilines is 1. The molecule has 0 bridgehead atoms. The maximum atomic E-state index is 14.0. The molecule has 214 valence electrons. The number of hydrogen-bond donors (Lipinski definition) is 1. The fourth-order valence-electron chi connectivity index (χ4n) is 3.96. The minimum absolute atomic E-state index is 0.00266. The molecule has 0 aliphatic rings. The van der Waals surface area contributed by atoms with Gasteiger partial charge in [-0.3, -0.25) is 13.9 Å². The number of carbonyl (C=O) groups is 2. The molecular formula is C29H33Cl2N3O5S. The number of para-hydroxylation sites is 2. The van der Waals surface area contributed by atoms with Crippen LogP contribution in [0.3, 0.4) is 0 Å². The van der Waals surface area contributed by atoms with E-state index >= 15 is 0 Å². The van der Waals surface area contributed by atoms with E-state index in [1.54, 1.807) is 67.6 Å². The highest BCUT2D eigenvalue weighted by atomic mass is 35.5. The van der Waals surface area contributed by atoms with Crippen molar-refractivity contribution in [2.24, 2.45) is 5.92 Å². The van der Waals surface area contributed by atoms with Crippen molar-refractivity contribution < 1.29 is 22.7 Å². The maximum Gasteiger partial charge on any atom is 0.264 e. The van der Waals surface area contributed by atoms with Crippen LogP contribution in [0.25, 0.3) is 0 Å². The number of nitrogens with zero attached hydrogens (tertiary/aromatic N) is 2. The molecule has 0 aliphatic heterocycles. The standard InChI is InChI=1S/C29H33Cl2N3O5S/c1-20(2)17-32-29(36)21(3)33(18-23-24(30)13-10-14-25(23)31)28(35)19-34(26-15-8-9-16-27(26)39-4)40(37,38)22-11-6-5-7-12-22/h5-16,20-21H,17-19H2,1-4H3,(H,32,36)/t21-/m0/s1. The van der Waals surface area contributed by atoms with E-state index in [0.29, 0.717) is 22.2 Å². The third-order valence-corrected chi connectivity index (χ3v) is 8.69. The number of methoxy groups -OCH3 is 1. The van der Waals surface area contributed by atoms with Crippen LogP contribution in [-0.2, 0) is 26.2 Å². The van der Waals surface area contributed by atoms with Crippen LogP contribution < -0.4 is 14.4 Å². The topological polar surface area (TPSA) is 96.0 Å². The van der Waals surface area contributed by atoms with Crippen LogP contribution in [0.5, 0.6) is 5.75 Å². The predicted octanol–water partition coefficient (Wildman–Crippen LogP) is 5.39. The van der Waals surface area contributed by atoms with Crippen molar-refractivity contribution in [1.82, 2.24) is 10.2 Å². The summed E-state index contributed by atoms with van der Waals surface area (Å²) in [4.78, 5) is 28.4. The molecule has 0 aliphatic carbocycles. The minimum Gasteiger partial charge on any atom is -0.495 e. The van der Waals surface area contributed by atoms with E-state index in [-0.39, 0.29) is 34.7 Å². The second-order valence-electron chi connectivity index (χ2n) is 9.53. The van der Waals surface area contributed by atoms with E-state index in [4.69, 9.17) is 27.9 Å². The number of sulfonamides is 1. The predicted molar refractivity (Wildman–Crippen MR) is 158 cm³/mol. The summed E-state index contributed by atoms with van der Waals surface area (Å²) in [6.45, 7) is 5.18. The van der Waals surface area contributed by atoms with Crippen molar-refractivity contribution in [3.8, 4) is 5.75 Å². The summed E-state index contributed by atoms with van der Waals surface area (Å²) in [5.41, 5.74) is 0.618. The second-order valence-corrected chi connectivity index (χ2v) is 12.2. The van der Waals surface area contributed by atoms with Crippen LogP contribution in [0.15, 0.2) is 77.7 Å². The molecule has 0 saturated carbocycles. The second kappa shape index (κ2) is 13.9. The minimum atomic E-state index is -4.22. The van der Waals surface area contributed by atoms with Crippen LogP contribution in [-0.4, -0.2) is 51.4 Å². The summed E-state index contributed by atoms with van der Waals surface area (Å²) in [6.07, 6.45) is 0. The molecule has 0 radical (unpaired) electrons. The summed E-state index contributed by atoms with van der Waals surface area (Å²) in [5, 5.41) is 3.48. The average molecular weight is 607 g/mol. The monoisotopic (exact) mass is 605 g/mol. The zero-order chi connectivity index (χ0) is 29.4. The Bertz CT molecular complexity index is 1410. The quantitative estimate of drug-likeness (QED) is 0.299. The van der Waals surface area contributed by atoms with Crippen LogP contribution in [0.4, 0.5) is 5.69 Å². The highest BCUT2D eigenvalue weighted by molar-refractivity contribution is 7.92. The Hall–Kier alpha value is -3.27. The third-order valence-electron chi connectivity index (χ3n) is 6.21. The molecule has 3 aromatic carbocycles. The third kappa shape index (κ3) is 7.47. The smallest absolute Gasteiger partial charge is 0.264 e. The first-order valence-electron chi connectivity index (χ1n) is 12.7. The van der Waals surface area contributed by atoms with Crippen LogP contribution in [0.2, 0.25) is 10.0 Å². The molecule has 0 unspecified atom stereocenters. The van der Waals surface area contributed by atoms with E-state index in [1.165, 1.54) is 24.1 Å². The van der Waals surface area contributed by atoms with Crippen LogP contribution in [0, 0.1) is 5.92 Å². The molecule has 2 amide bonds. The summed E-state index contributed by atoms with van der Waals surface area (Å²) in [6, 6.07) is 18.3. The Balaban J connectivity index is 2.08. The van der Waals surface area contributed by atoms with E-state index in [0.717, 1.165) is 4.31 Å². The van der Waals surface area contributed by atoms with Gasteiger partial charge in [0.15, 0.2) is 0 Å². The van der Waals surface area contributed by atoms with Crippen molar-refractivity contribution in [1.29, 1.82) is 0 Å². The van der Waals surface area contributed by atoms with Gasteiger partial charge in [-0.05, 0) is 49.2 Å². The van der Waals surface area contributed by atoms with Gasteiger partial charge in [-0.2, -0.15) is 0 Å². The van der Waals surface area contributed by atoms with E-state index < -0.39 is 28.5 Å². The zero-order valence-corrected chi connectivity index (χ0v) is 25.1. The van der Waals surface area contributed by atoms with Gasteiger partial charge in [0.05, 0.1) is 17.7 Å². The maximum absolute atomic E-state index is 14.0. The van der Waals surface area contributed by atoms with Crippen LogP contribution >= 0.6 is 23.2 Å². The molecule has 11 heteroatoms. The number of amides is 2. The SMILES string of the molecule is COc1ccccc1N(CC(=O)N(Cc1c(Cl)cccc1Cl)[C@@H](C)C(=O)NCC(C)C)S(=O)(=O)c1ccccc1. The first-order valence-corrected chi connectivity index (χ1v) is 14.9. The van der Waals surface area contributed by atoms with Gasteiger partial charge in [-0.25, -0.2) is 8.42 Å². The van der Waals surface area contributed by atoms with E-state index in [9.17, 15) is 18.0 Å². The summed E-state index contributed by atoms with van der Waals surface area (Å²) in [5.74, 6) is -0.567. The molecule has 0 spiro atoms. The average Bonchev–Trinajstić information content (AvgIpc) is 2.94. The lowest BCUT2D eigenvalue weighted by atomic mass is 10.1. The molecule has 0 aromatic heterocycles. The van der Waals surface area contributed by atoms with E-state index in [2.05, 4.69) is 5.32 Å². The van der Waals surface area contributed by atoms with Crippen LogP contribution in [0.1, 0.15) is 26.3 Å². The Morgan fingerprint density at radius 1 is 0.900 bits per heavy atom. The Labute approximate surface area is 245 Å². The molecule has 3 rings (SSSR count). The number of hydrogen-bond acceptors (Lipinski definition) is 5. The fourth-order valence-corrected chi connectivity index (χ4v) is 5.92. The summed E-state index contributed by atoms with van der Waals surface area (Å²) in [7, 11) is -2.80. The lowest BCUT2D eigenvalue weighted by Gasteiger charge is -2.32. The molecular weight excluding hydrogens is 573 g/mol. The Morgan fingerprint density at radius 2 is 1.50 bits per heavy atom. The van der Waals surface area contributed by atoms with Gasteiger partial charge in [-0.1, -0.05) is 73.4 Å². The number of nitrogens with one attached hydrogen (secondary N) is 1. The zero-order valence-electron chi connectivity index (χ0n) is 22.8. The van der Waals surface area contributed by atoms with Gasteiger partial charge < -0.3 is 15.0 Å². The molecule has 0 fully saturated rings. The number of rotatable bonds is 12. The lowest BCUT2D eigenvalue weighted by molar-refractivity contribution is -0.139. The largest absolute Gasteiger partial charge is 0.495 e. The highest BCUT2D eigenvalue weighted by Crippen LogP contribution is 2.33. The van der Waals surface area contributed by atoms with Gasteiger partial charge in [0.25, 0.3) is 10.0 Å². The number of carbonyl (C=O) groups excluding carboxylic acids is 2. The number of halogens is 2. The fraction of sp³-hybridized carbons (Fsp3) is 0.310. The Kier molecular flexibility index (Phi) is 10.8. The van der Waals surface area contributed by atoms with Gasteiger partial charge in [0.1, 0.15) is 18.3 Å². The molecule has 40 heavy (non-hydrogen) atoms.